The normalized spacial score (nSPS) is 12.5. The summed E-state index contributed by atoms with van der Waals surface area (Å²) in [4.78, 5) is 11.3. The highest BCUT2D eigenvalue weighted by Crippen LogP contribution is 2.36. The molecule has 0 unspecified atom stereocenters. The van der Waals surface area contributed by atoms with Gasteiger partial charge in [0.1, 0.15) is 0 Å². The van der Waals surface area contributed by atoms with E-state index in [0.717, 1.165) is 11.1 Å². The smallest absolute Gasteiger partial charge is 0.336 e. The standard InChI is InChI=1S/C15H12O4/c1-9-2-4-11(12(6-9)15(16)17)10-3-5-13-14(7-10)19-8-18-13/h2-7H,8H2,1H3,(H,16,17). The van der Waals surface area contributed by atoms with Crippen molar-refractivity contribution in [3.05, 3.63) is 47.5 Å². The topological polar surface area (TPSA) is 55.8 Å². The molecule has 0 saturated heterocycles. The molecule has 0 bridgehead atoms. The van der Waals surface area contributed by atoms with Gasteiger partial charge in [-0.1, -0.05) is 23.8 Å². The number of hydrogen-bond donors (Lipinski definition) is 1. The third kappa shape index (κ3) is 2.01. The molecule has 4 nitrogen and oxygen atoms in total. The molecule has 96 valence electrons. The number of hydrogen-bond acceptors (Lipinski definition) is 3. The summed E-state index contributed by atoms with van der Waals surface area (Å²) in [6.07, 6.45) is 0. The first-order chi connectivity index (χ1) is 9.15. The van der Waals surface area contributed by atoms with Crippen LogP contribution in [0.1, 0.15) is 15.9 Å². The first kappa shape index (κ1) is 11.6. The zero-order valence-electron chi connectivity index (χ0n) is 10.3. The fourth-order valence-electron chi connectivity index (χ4n) is 2.15. The average Bonchev–Trinajstić information content (AvgIpc) is 2.85. The lowest BCUT2D eigenvalue weighted by atomic mass is 9.97. The van der Waals surface area contributed by atoms with Crippen molar-refractivity contribution in [2.75, 3.05) is 6.79 Å². The molecule has 0 amide bonds. The zero-order chi connectivity index (χ0) is 13.4. The van der Waals surface area contributed by atoms with Gasteiger partial charge in [-0.2, -0.15) is 0 Å². The quantitative estimate of drug-likeness (QED) is 0.897. The highest BCUT2D eigenvalue weighted by Gasteiger charge is 2.17. The third-order valence-corrected chi connectivity index (χ3v) is 3.09. The van der Waals surface area contributed by atoms with Gasteiger partial charge in [0.05, 0.1) is 5.56 Å². The van der Waals surface area contributed by atoms with Crippen LogP contribution < -0.4 is 9.47 Å². The van der Waals surface area contributed by atoms with Gasteiger partial charge in [0, 0.05) is 0 Å². The Morgan fingerprint density at radius 1 is 1.11 bits per heavy atom. The second kappa shape index (κ2) is 4.31. The van der Waals surface area contributed by atoms with Gasteiger partial charge >= 0.3 is 5.97 Å². The molecule has 19 heavy (non-hydrogen) atoms. The number of aromatic carboxylic acids is 1. The number of fused-ring (bicyclic) bond motifs is 1. The van der Waals surface area contributed by atoms with E-state index in [9.17, 15) is 9.90 Å². The summed E-state index contributed by atoms with van der Waals surface area (Å²) in [5, 5.41) is 9.29. The second-order valence-corrected chi connectivity index (χ2v) is 4.42. The number of aryl methyl sites for hydroxylation is 1. The molecule has 2 aromatic carbocycles. The maximum atomic E-state index is 11.3. The molecule has 0 fully saturated rings. The Morgan fingerprint density at radius 3 is 2.68 bits per heavy atom. The average molecular weight is 256 g/mol. The number of carboxylic acids is 1. The largest absolute Gasteiger partial charge is 0.478 e. The number of ether oxygens (including phenoxy) is 2. The summed E-state index contributed by atoms with van der Waals surface area (Å²) in [6.45, 7) is 2.08. The lowest BCUT2D eigenvalue weighted by molar-refractivity contribution is 0.0697. The summed E-state index contributed by atoms with van der Waals surface area (Å²) in [5.41, 5.74) is 2.69. The Balaban J connectivity index is 2.14. The Labute approximate surface area is 110 Å². The minimum atomic E-state index is -0.934. The molecule has 2 aromatic rings. The lowest BCUT2D eigenvalue weighted by Gasteiger charge is -2.08. The molecular formula is C15H12O4. The van der Waals surface area contributed by atoms with Crippen molar-refractivity contribution in [1.82, 2.24) is 0 Å². The molecule has 4 heteroatoms. The van der Waals surface area contributed by atoms with Crippen LogP contribution in [0.2, 0.25) is 0 Å². The van der Waals surface area contributed by atoms with E-state index < -0.39 is 5.97 Å². The van der Waals surface area contributed by atoms with Crippen LogP contribution in [0.4, 0.5) is 0 Å². The summed E-state index contributed by atoms with van der Waals surface area (Å²) in [7, 11) is 0. The van der Waals surface area contributed by atoms with Crippen LogP contribution in [0.5, 0.6) is 11.5 Å². The molecule has 1 N–H and O–H groups in total. The number of benzene rings is 2. The van der Waals surface area contributed by atoms with E-state index in [1.54, 1.807) is 18.2 Å². The molecule has 1 aliphatic rings. The first-order valence-corrected chi connectivity index (χ1v) is 5.89. The van der Waals surface area contributed by atoms with Gasteiger partial charge in [-0.25, -0.2) is 4.79 Å². The minimum absolute atomic E-state index is 0.207. The van der Waals surface area contributed by atoms with Gasteiger partial charge in [0.2, 0.25) is 6.79 Å². The van der Waals surface area contributed by atoms with Crippen LogP contribution in [0.3, 0.4) is 0 Å². The van der Waals surface area contributed by atoms with Gasteiger partial charge in [0.25, 0.3) is 0 Å². The third-order valence-electron chi connectivity index (χ3n) is 3.09. The van der Waals surface area contributed by atoms with E-state index >= 15 is 0 Å². The SMILES string of the molecule is Cc1ccc(-c2ccc3c(c2)OCO3)c(C(=O)O)c1. The number of carbonyl (C=O) groups is 1. The maximum absolute atomic E-state index is 11.3. The molecule has 0 spiro atoms. The zero-order valence-corrected chi connectivity index (χ0v) is 10.3. The van der Waals surface area contributed by atoms with E-state index in [2.05, 4.69) is 0 Å². The fourth-order valence-corrected chi connectivity index (χ4v) is 2.15. The van der Waals surface area contributed by atoms with Crippen LogP contribution in [0, 0.1) is 6.92 Å². The molecule has 0 radical (unpaired) electrons. The molecule has 0 saturated carbocycles. The van der Waals surface area contributed by atoms with Crippen LogP contribution in [0.15, 0.2) is 36.4 Å². The van der Waals surface area contributed by atoms with Crippen molar-refractivity contribution in [2.24, 2.45) is 0 Å². The van der Waals surface area contributed by atoms with Crippen molar-refractivity contribution in [1.29, 1.82) is 0 Å². The summed E-state index contributed by atoms with van der Waals surface area (Å²) >= 11 is 0. The minimum Gasteiger partial charge on any atom is -0.478 e. The molecule has 1 aliphatic heterocycles. The summed E-state index contributed by atoms with van der Waals surface area (Å²) in [6, 6.07) is 10.8. The Hall–Kier alpha value is -2.49. The van der Waals surface area contributed by atoms with E-state index in [1.807, 2.05) is 25.1 Å². The van der Waals surface area contributed by atoms with Gasteiger partial charge < -0.3 is 14.6 Å². The lowest BCUT2D eigenvalue weighted by Crippen LogP contribution is -2.00. The van der Waals surface area contributed by atoms with Crippen molar-refractivity contribution in [3.63, 3.8) is 0 Å². The first-order valence-electron chi connectivity index (χ1n) is 5.89. The Bertz CT molecular complexity index is 661. The Morgan fingerprint density at radius 2 is 1.89 bits per heavy atom. The van der Waals surface area contributed by atoms with Gasteiger partial charge in [-0.05, 0) is 36.2 Å². The summed E-state index contributed by atoms with van der Waals surface area (Å²) < 4.78 is 10.6. The predicted octanol–water partition coefficient (Wildman–Crippen LogP) is 3.09. The van der Waals surface area contributed by atoms with E-state index in [1.165, 1.54) is 0 Å². The predicted molar refractivity (Wildman–Crippen MR) is 69.7 cm³/mol. The molecule has 0 atom stereocenters. The molecule has 0 aliphatic carbocycles. The van der Waals surface area contributed by atoms with Gasteiger partial charge in [-0.15, -0.1) is 0 Å². The van der Waals surface area contributed by atoms with Crippen molar-refractivity contribution < 1.29 is 19.4 Å². The monoisotopic (exact) mass is 256 g/mol. The molecular weight excluding hydrogens is 244 g/mol. The second-order valence-electron chi connectivity index (χ2n) is 4.42. The van der Waals surface area contributed by atoms with E-state index in [4.69, 9.17) is 9.47 Å². The van der Waals surface area contributed by atoms with Crippen molar-refractivity contribution in [3.8, 4) is 22.6 Å². The van der Waals surface area contributed by atoms with E-state index in [-0.39, 0.29) is 6.79 Å². The van der Waals surface area contributed by atoms with Crippen LogP contribution in [0.25, 0.3) is 11.1 Å². The van der Waals surface area contributed by atoms with Crippen LogP contribution >= 0.6 is 0 Å². The fraction of sp³-hybridized carbons (Fsp3) is 0.133. The van der Waals surface area contributed by atoms with Gasteiger partial charge in [-0.3, -0.25) is 0 Å². The van der Waals surface area contributed by atoms with Crippen LogP contribution in [-0.2, 0) is 0 Å². The van der Waals surface area contributed by atoms with Crippen LogP contribution in [-0.4, -0.2) is 17.9 Å². The summed E-state index contributed by atoms with van der Waals surface area (Å²) in [5.74, 6) is 0.401. The van der Waals surface area contributed by atoms with E-state index in [0.29, 0.717) is 22.6 Å². The van der Waals surface area contributed by atoms with Crippen molar-refractivity contribution >= 4 is 5.97 Å². The highest BCUT2D eigenvalue weighted by atomic mass is 16.7. The molecule has 0 aromatic heterocycles. The number of carboxylic acid groups (broad SMARTS) is 1. The highest BCUT2D eigenvalue weighted by molar-refractivity contribution is 5.96. The number of rotatable bonds is 2. The maximum Gasteiger partial charge on any atom is 0.336 e. The molecule has 3 rings (SSSR count). The molecule has 1 heterocycles. The van der Waals surface area contributed by atoms with Gasteiger partial charge in [0.15, 0.2) is 11.5 Å². The van der Waals surface area contributed by atoms with Crippen molar-refractivity contribution in [2.45, 2.75) is 6.92 Å². The Kier molecular flexibility index (Phi) is 2.63.